The molecule has 0 spiro atoms. The molecule has 0 aliphatic heterocycles. The fourth-order valence-corrected chi connectivity index (χ4v) is 3.20. The highest BCUT2D eigenvalue weighted by atomic mass is 16.5. The molecule has 112 valence electrons. The number of nitrogens with zero attached hydrogens (tertiary/aromatic N) is 4. The van der Waals surface area contributed by atoms with Crippen molar-refractivity contribution in [3.63, 3.8) is 0 Å². The van der Waals surface area contributed by atoms with Crippen LogP contribution in [0.3, 0.4) is 0 Å². The molecule has 2 atom stereocenters. The molecule has 0 saturated heterocycles. The van der Waals surface area contributed by atoms with Gasteiger partial charge in [0.25, 0.3) is 0 Å². The van der Waals surface area contributed by atoms with Crippen LogP contribution in [-0.2, 0) is 4.74 Å². The van der Waals surface area contributed by atoms with Gasteiger partial charge in [-0.15, -0.1) is 5.10 Å². The highest BCUT2D eigenvalue weighted by molar-refractivity contribution is 5.63. The zero-order valence-electron chi connectivity index (χ0n) is 12.9. The van der Waals surface area contributed by atoms with Crippen LogP contribution in [0.5, 0.6) is 0 Å². The molecule has 3 rings (SSSR count). The van der Waals surface area contributed by atoms with Crippen LogP contribution in [0, 0.1) is 12.3 Å². The lowest BCUT2D eigenvalue weighted by Gasteiger charge is -2.50. The van der Waals surface area contributed by atoms with Crippen molar-refractivity contribution >= 4 is 5.69 Å². The summed E-state index contributed by atoms with van der Waals surface area (Å²) >= 11 is 0. The number of hydrogen-bond donors (Lipinski definition) is 1. The third kappa shape index (κ3) is 2.10. The number of hydrogen-bond acceptors (Lipinski definition) is 5. The summed E-state index contributed by atoms with van der Waals surface area (Å²) < 4.78 is 7.44. The van der Waals surface area contributed by atoms with Gasteiger partial charge in [0, 0.05) is 23.8 Å². The molecule has 1 aliphatic carbocycles. The van der Waals surface area contributed by atoms with E-state index in [4.69, 9.17) is 10.5 Å². The largest absolute Gasteiger partial charge is 0.399 e. The molecule has 2 N–H and O–H groups in total. The monoisotopic (exact) mass is 287 g/mol. The first-order valence-corrected chi connectivity index (χ1v) is 7.12. The van der Waals surface area contributed by atoms with E-state index in [0.29, 0.717) is 0 Å². The Hall–Kier alpha value is -1.95. The number of ether oxygens (including phenoxy) is 1. The van der Waals surface area contributed by atoms with Gasteiger partial charge in [-0.1, -0.05) is 13.8 Å². The second kappa shape index (κ2) is 4.80. The van der Waals surface area contributed by atoms with Gasteiger partial charge in [0.05, 0.1) is 12.1 Å². The van der Waals surface area contributed by atoms with Gasteiger partial charge in [0.15, 0.2) is 5.82 Å². The van der Waals surface area contributed by atoms with E-state index in [0.717, 1.165) is 29.1 Å². The van der Waals surface area contributed by atoms with Crippen molar-refractivity contribution in [1.29, 1.82) is 0 Å². The Labute approximate surface area is 124 Å². The Morgan fingerprint density at radius 1 is 1.38 bits per heavy atom. The van der Waals surface area contributed by atoms with Gasteiger partial charge in [0.2, 0.25) is 0 Å². The van der Waals surface area contributed by atoms with E-state index in [1.54, 1.807) is 7.11 Å². The summed E-state index contributed by atoms with van der Waals surface area (Å²) in [4.78, 5) is 0. The second-order valence-electron chi connectivity index (χ2n) is 6.32. The molecule has 1 aliphatic rings. The first-order chi connectivity index (χ1) is 9.95. The molecule has 21 heavy (non-hydrogen) atoms. The van der Waals surface area contributed by atoms with E-state index in [9.17, 15) is 0 Å². The van der Waals surface area contributed by atoms with Crippen LogP contribution in [0.2, 0.25) is 0 Å². The summed E-state index contributed by atoms with van der Waals surface area (Å²) in [5, 5.41) is 12.3. The maximum absolute atomic E-state index is 5.82. The first kappa shape index (κ1) is 14.0. The number of aryl methyl sites for hydroxylation is 1. The van der Waals surface area contributed by atoms with Gasteiger partial charge < -0.3 is 10.5 Å². The predicted octanol–water partition coefficient (Wildman–Crippen LogP) is 2.22. The van der Waals surface area contributed by atoms with E-state index in [-0.39, 0.29) is 17.6 Å². The lowest BCUT2D eigenvalue weighted by molar-refractivity contribution is -0.116. The fourth-order valence-electron chi connectivity index (χ4n) is 3.20. The molecule has 0 radical (unpaired) electrons. The molecular weight excluding hydrogens is 266 g/mol. The molecule has 6 nitrogen and oxygen atoms in total. The number of rotatable bonds is 3. The third-order valence-electron chi connectivity index (χ3n) is 4.69. The lowest BCUT2D eigenvalue weighted by Crippen LogP contribution is -2.51. The van der Waals surface area contributed by atoms with Crippen LogP contribution in [0.25, 0.3) is 11.4 Å². The SMILES string of the molecule is COC1CC(n2nnnc2-c2ccc(N)cc2C)C1(C)C. The topological polar surface area (TPSA) is 78.8 Å². The second-order valence-corrected chi connectivity index (χ2v) is 6.32. The summed E-state index contributed by atoms with van der Waals surface area (Å²) in [6, 6.07) is 6.04. The molecule has 2 unspecified atom stereocenters. The van der Waals surface area contributed by atoms with Gasteiger partial charge >= 0.3 is 0 Å². The molecule has 1 heterocycles. The molecule has 1 saturated carbocycles. The smallest absolute Gasteiger partial charge is 0.182 e. The quantitative estimate of drug-likeness (QED) is 0.876. The zero-order valence-corrected chi connectivity index (χ0v) is 12.9. The van der Waals surface area contributed by atoms with Crippen LogP contribution in [0.1, 0.15) is 31.9 Å². The van der Waals surface area contributed by atoms with Gasteiger partial charge in [0.1, 0.15) is 0 Å². The zero-order chi connectivity index (χ0) is 15.2. The van der Waals surface area contributed by atoms with E-state index in [1.165, 1.54) is 0 Å². The van der Waals surface area contributed by atoms with Crippen LogP contribution < -0.4 is 5.73 Å². The molecule has 6 heteroatoms. The van der Waals surface area contributed by atoms with E-state index in [2.05, 4.69) is 29.4 Å². The van der Waals surface area contributed by atoms with Crippen molar-refractivity contribution in [1.82, 2.24) is 20.2 Å². The maximum Gasteiger partial charge on any atom is 0.182 e. The highest BCUT2D eigenvalue weighted by Gasteiger charge is 2.51. The Morgan fingerprint density at radius 2 is 2.14 bits per heavy atom. The van der Waals surface area contributed by atoms with Crippen LogP contribution in [-0.4, -0.2) is 33.4 Å². The maximum atomic E-state index is 5.82. The van der Waals surface area contributed by atoms with Crippen molar-refractivity contribution < 1.29 is 4.74 Å². The number of methoxy groups -OCH3 is 1. The minimum atomic E-state index is 0.0145. The molecule has 0 bridgehead atoms. The lowest BCUT2D eigenvalue weighted by atomic mass is 9.64. The molecule has 0 amide bonds. The third-order valence-corrected chi connectivity index (χ3v) is 4.69. The standard InChI is InChI=1S/C15H21N5O/c1-9-7-10(16)5-6-11(9)14-17-18-19-20(14)12-8-13(21-4)15(12,2)3/h5-7,12-13H,8,16H2,1-4H3. The van der Waals surface area contributed by atoms with E-state index >= 15 is 0 Å². The van der Waals surface area contributed by atoms with Gasteiger partial charge in [-0.3, -0.25) is 0 Å². The number of tetrazole rings is 1. The van der Waals surface area contributed by atoms with E-state index < -0.39 is 0 Å². The number of nitrogens with two attached hydrogens (primary N) is 1. The Bertz CT molecular complexity index is 664. The summed E-state index contributed by atoms with van der Waals surface area (Å²) in [6.45, 7) is 6.40. The van der Waals surface area contributed by atoms with Crippen LogP contribution >= 0.6 is 0 Å². The van der Waals surface area contributed by atoms with Gasteiger partial charge in [-0.2, -0.15) is 0 Å². The summed E-state index contributed by atoms with van der Waals surface area (Å²) in [5.74, 6) is 0.792. The number of nitrogen functional groups attached to an aromatic ring is 1. The van der Waals surface area contributed by atoms with Crippen molar-refractivity contribution in [3.8, 4) is 11.4 Å². The van der Waals surface area contributed by atoms with Crippen molar-refractivity contribution in [3.05, 3.63) is 23.8 Å². The normalized spacial score (nSPS) is 23.8. The molecule has 1 aromatic carbocycles. The number of aromatic nitrogens is 4. The van der Waals surface area contributed by atoms with Gasteiger partial charge in [-0.05, 0) is 47.5 Å². The van der Waals surface area contributed by atoms with Crippen molar-refractivity contribution in [2.45, 2.75) is 39.3 Å². The number of anilines is 1. The summed E-state index contributed by atoms with van der Waals surface area (Å²) in [5.41, 5.74) is 8.68. The average Bonchev–Trinajstić information content (AvgIpc) is 2.87. The Kier molecular flexibility index (Phi) is 3.20. The Morgan fingerprint density at radius 3 is 2.76 bits per heavy atom. The minimum Gasteiger partial charge on any atom is -0.399 e. The Balaban J connectivity index is 1.99. The molecule has 1 aromatic heterocycles. The molecule has 1 fully saturated rings. The van der Waals surface area contributed by atoms with E-state index in [1.807, 2.05) is 29.8 Å². The summed E-state index contributed by atoms with van der Waals surface area (Å²) in [7, 11) is 1.76. The minimum absolute atomic E-state index is 0.0145. The van der Waals surface area contributed by atoms with Crippen LogP contribution in [0.15, 0.2) is 18.2 Å². The van der Waals surface area contributed by atoms with Crippen LogP contribution in [0.4, 0.5) is 5.69 Å². The average molecular weight is 287 g/mol. The predicted molar refractivity (Wildman–Crippen MR) is 80.6 cm³/mol. The van der Waals surface area contributed by atoms with Crippen molar-refractivity contribution in [2.75, 3.05) is 12.8 Å². The fraction of sp³-hybridized carbons (Fsp3) is 0.533. The first-order valence-electron chi connectivity index (χ1n) is 7.12. The number of benzene rings is 1. The molecule has 2 aromatic rings. The summed E-state index contributed by atoms with van der Waals surface area (Å²) in [6.07, 6.45) is 1.17. The van der Waals surface area contributed by atoms with Crippen molar-refractivity contribution in [2.24, 2.45) is 5.41 Å². The molecular formula is C15H21N5O. The van der Waals surface area contributed by atoms with Gasteiger partial charge in [-0.25, -0.2) is 4.68 Å². The highest BCUT2D eigenvalue weighted by Crippen LogP contribution is 2.51.